The summed E-state index contributed by atoms with van der Waals surface area (Å²) < 4.78 is 10.7. The molecule has 0 saturated heterocycles. The van der Waals surface area contributed by atoms with E-state index in [4.69, 9.17) is 11.6 Å². The van der Waals surface area contributed by atoms with Gasteiger partial charge in [-0.3, -0.25) is 4.21 Å². The third kappa shape index (κ3) is 3.69. The summed E-state index contributed by atoms with van der Waals surface area (Å²) in [5.41, 5.74) is 0. The Kier molecular flexibility index (Phi) is 4.11. The van der Waals surface area contributed by atoms with Crippen LogP contribution in [0.3, 0.4) is 0 Å². The molecule has 1 rings (SSSR count). The maximum Gasteiger partial charge on any atom is 0.171 e. The smallest absolute Gasteiger partial charge is 0.171 e. The molecule has 1 N–H and O–H groups in total. The van der Waals surface area contributed by atoms with Gasteiger partial charge in [-0.05, 0) is 0 Å². The highest BCUT2D eigenvalue weighted by Crippen LogP contribution is 2.13. The normalized spacial score (nSPS) is 12.5. The van der Waals surface area contributed by atoms with Crippen molar-refractivity contribution in [2.24, 2.45) is 0 Å². The van der Waals surface area contributed by atoms with E-state index in [1.54, 1.807) is 12.5 Å². The summed E-state index contributed by atoms with van der Waals surface area (Å²) >= 11 is 5.73. The number of nitrogens with one attached hydrogen (secondary N) is 1. The van der Waals surface area contributed by atoms with E-state index in [1.165, 1.54) is 6.20 Å². The molecule has 0 aliphatic rings. The molecule has 0 radical (unpaired) electrons. The lowest BCUT2D eigenvalue weighted by Gasteiger charge is -2.04. The van der Waals surface area contributed by atoms with Crippen LogP contribution in [0.25, 0.3) is 0 Å². The Morgan fingerprint density at radius 1 is 1.54 bits per heavy atom. The van der Waals surface area contributed by atoms with Gasteiger partial charge >= 0.3 is 0 Å². The van der Waals surface area contributed by atoms with E-state index in [2.05, 4.69) is 15.3 Å². The lowest BCUT2D eigenvalue weighted by Crippen LogP contribution is -2.11. The van der Waals surface area contributed by atoms with Crippen molar-refractivity contribution in [3.8, 4) is 0 Å². The summed E-state index contributed by atoms with van der Waals surface area (Å²) in [5.74, 6) is 1.11. The predicted octanol–water partition coefficient (Wildman–Crippen LogP) is 0.920. The zero-order valence-electron chi connectivity index (χ0n) is 7.16. The fourth-order valence-corrected chi connectivity index (χ4v) is 1.31. The van der Waals surface area contributed by atoms with Crippen LogP contribution in [0, 0.1) is 0 Å². The fraction of sp³-hybridized carbons (Fsp3) is 0.429. The van der Waals surface area contributed by atoms with E-state index in [0.717, 1.165) is 0 Å². The van der Waals surface area contributed by atoms with E-state index in [-0.39, 0.29) is 0 Å². The number of nitrogens with zero attached hydrogens (tertiary/aromatic N) is 2. The molecule has 0 spiro atoms. The van der Waals surface area contributed by atoms with Gasteiger partial charge in [0.2, 0.25) is 0 Å². The van der Waals surface area contributed by atoms with Gasteiger partial charge in [-0.15, -0.1) is 0 Å². The van der Waals surface area contributed by atoms with Gasteiger partial charge in [-0.2, -0.15) is 0 Å². The van der Waals surface area contributed by atoms with Gasteiger partial charge in [0.15, 0.2) is 11.0 Å². The van der Waals surface area contributed by atoms with Gasteiger partial charge < -0.3 is 5.32 Å². The molecule has 0 fully saturated rings. The van der Waals surface area contributed by atoms with Crippen LogP contribution in [0.1, 0.15) is 0 Å². The number of anilines is 1. The molecule has 4 nitrogen and oxygen atoms in total. The van der Waals surface area contributed by atoms with Gasteiger partial charge in [0.1, 0.15) is 0 Å². The zero-order valence-corrected chi connectivity index (χ0v) is 8.73. The lowest BCUT2D eigenvalue weighted by atomic mass is 10.6. The minimum Gasteiger partial charge on any atom is -0.367 e. The molecule has 6 heteroatoms. The Hall–Kier alpha value is -0.680. The van der Waals surface area contributed by atoms with Crippen LogP contribution >= 0.6 is 11.6 Å². The number of halogens is 1. The molecule has 0 saturated carbocycles. The van der Waals surface area contributed by atoms with Gasteiger partial charge in [0.25, 0.3) is 0 Å². The third-order valence-electron chi connectivity index (χ3n) is 1.34. The quantitative estimate of drug-likeness (QED) is 0.819. The SMILES string of the molecule is CS(=O)CCNc1nccnc1Cl. The lowest BCUT2D eigenvalue weighted by molar-refractivity contribution is 0.687. The average Bonchev–Trinajstić information content (AvgIpc) is 2.08. The van der Waals surface area contributed by atoms with E-state index in [9.17, 15) is 4.21 Å². The monoisotopic (exact) mass is 219 g/mol. The van der Waals surface area contributed by atoms with Crippen molar-refractivity contribution in [3.63, 3.8) is 0 Å². The highest BCUT2D eigenvalue weighted by Gasteiger charge is 2.00. The molecule has 1 unspecified atom stereocenters. The second kappa shape index (κ2) is 5.14. The molecular formula is C7H10ClN3OS. The van der Waals surface area contributed by atoms with Crippen molar-refractivity contribution in [1.82, 2.24) is 9.97 Å². The Labute approximate surface area is 84.2 Å². The minimum absolute atomic E-state index is 0.337. The van der Waals surface area contributed by atoms with Crippen LogP contribution in [0.15, 0.2) is 12.4 Å². The van der Waals surface area contributed by atoms with Crippen LogP contribution in [-0.2, 0) is 10.8 Å². The first-order chi connectivity index (χ1) is 6.20. The summed E-state index contributed by atoms with van der Waals surface area (Å²) in [6.07, 6.45) is 4.72. The van der Waals surface area contributed by atoms with Crippen LogP contribution < -0.4 is 5.32 Å². The van der Waals surface area contributed by atoms with Crippen LogP contribution in [0.2, 0.25) is 5.15 Å². The van der Waals surface area contributed by atoms with Crippen molar-refractivity contribution < 1.29 is 4.21 Å². The Morgan fingerprint density at radius 3 is 2.85 bits per heavy atom. The molecule has 1 atom stereocenters. The Bertz CT molecular complexity index is 308. The number of hydrogen-bond donors (Lipinski definition) is 1. The predicted molar refractivity (Wildman–Crippen MR) is 54.5 cm³/mol. The van der Waals surface area contributed by atoms with Gasteiger partial charge in [0, 0.05) is 41.7 Å². The molecule has 0 bridgehead atoms. The maximum absolute atomic E-state index is 10.7. The van der Waals surface area contributed by atoms with Gasteiger partial charge in [-0.25, -0.2) is 9.97 Å². The first-order valence-corrected chi connectivity index (χ1v) is 5.81. The van der Waals surface area contributed by atoms with Crippen molar-refractivity contribution in [1.29, 1.82) is 0 Å². The highest BCUT2D eigenvalue weighted by molar-refractivity contribution is 7.84. The van der Waals surface area contributed by atoms with Gasteiger partial charge in [0.05, 0.1) is 0 Å². The van der Waals surface area contributed by atoms with E-state index < -0.39 is 10.8 Å². The first kappa shape index (κ1) is 10.4. The first-order valence-electron chi connectivity index (χ1n) is 3.70. The van der Waals surface area contributed by atoms with Crippen LogP contribution in [-0.4, -0.2) is 32.7 Å². The second-order valence-electron chi connectivity index (χ2n) is 2.40. The standard InChI is InChI=1S/C7H10ClN3OS/c1-13(12)5-4-11-7-6(8)9-2-3-10-7/h2-3H,4-5H2,1H3,(H,10,11). The maximum atomic E-state index is 10.7. The van der Waals surface area contributed by atoms with Crippen LogP contribution in [0.4, 0.5) is 5.82 Å². The number of aromatic nitrogens is 2. The van der Waals surface area contributed by atoms with E-state index >= 15 is 0 Å². The van der Waals surface area contributed by atoms with Crippen LogP contribution in [0.5, 0.6) is 0 Å². The van der Waals surface area contributed by atoms with Gasteiger partial charge in [-0.1, -0.05) is 11.6 Å². The molecule has 72 valence electrons. The molecule has 0 amide bonds. The fourth-order valence-electron chi connectivity index (χ4n) is 0.753. The Morgan fingerprint density at radius 2 is 2.23 bits per heavy atom. The summed E-state index contributed by atoms with van der Waals surface area (Å²) in [6.45, 7) is 0.585. The molecule has 0 aromatic carbocycles. The molecule has 1 aromatic heterocycles. The molecule has 1 heterocycles. The summed E-state index contributed by atoms with van der Waals surface area (Å²) in [5, 5.41) is 3.28. The van der Waals surface area contributed by atoms with Crippen molar-refractivity contribution >= 4 is 28.2 Å². The minimum atomic E-state index is -0.800. The molecular weight excluding hydrogens is 210 g/mol. The largest absolute Gasteiger partial charge is 0.367 e. The summed E-state index contributed by atoms with van der Waals surface area (Å²) in [7, 11) is -0.800. The average molecular weight is 220 g/mol. The van der Waals surface area contributed by atoms with E-state index in [1.807, 2.05) is 0 Å². The zero-order chi connectivity index (χ0) is 9.68. The summed E-state index contributed by atoms with van der Waals surface area (Å²) in [4.78, 5) is 7.81. The molecule has 0 aliphatic carbocycles. The highest BCUT2D eigenvalue weighted by atomic mass is 35.5. The van der Waals surface area contributed by atoms with Crippen molar-refractivity contribution in [2.45, 2.75) is 0 Å². The molecule has 13 heavy (non-hydrogen) atoms. The Balaban J connectivity index is 2.45. The topological polar surface area (TPSA) is 54.9 Å². The third-order valence-corrected chi connectivity index (χ3v) is 2.39. The molecule has 1 aromatic rings. The second-order valence-corrected chi connectivity index (χ2v) is 4.31. The number of rotatable bonds is 4. The number of hydrogen-bond acceptors (Lipinski definition) is 4. The van der Waals surface area contributed by atoms with Crippen molar-refractivity contribution in [3.05, 3.63) is 17.5 Å². The molecule has 0 aliphatic heterocycles. The van der Waals surface area contributed by atoms with Crippen molar-refractivity contribution in [2.75, 3.05) is 23.9 Å². The summed E-state index contributed by atoms with van der Waals surface area (Å²) in [6, 6.07) is 0. The van der Waals surface area contributed by atoms with E-state index in [0.29, 0.717) is 23.3 Å².